The Morgan fingerprint density at radius 1 is 1.24 bits per heavy atom. The zero-order chi connectivity index (χ0) is 21.2. The summed E-state index contributed by atoms with van der Waals surface area (Å²) in [7, 11) is 0.794. The molecule has 0 aliphatic carbocycles. The van der Waals surface area contributed by atoms with Gasteiger partial charge in [-0.2, -0.15) is 0 Å². The summed E-state index contributed by atoms with van der Waals surface area (Å²) in [6, 6.07) is 9.71. The molecule has 0 spiro atoms. The van der Waals surface area contributed by atoms with E-state index in [-0.39, 0.29) is 6.04 Å². The number of hydrogen-bond donors (Lipinski definition) is 0. The zero-order valence-corrected chi connectivity index (χ0v) is 19.0. The molecular formula is C24H38BN3O. The summed E-state index contributed by atoms with van der Waals surface area (Å²) in [5.41, 5.74) is 3.99. The van der Waals surface area contributed by atoms with Crippen molar-refractivity contribution < 1.29 is 4.70 Å². The molecular weight excluding hydrogens is 357 g/mol. The van der Waals surface area contributed by atoms with Gasteiger partial charge in [0.2, 0.25) is 0 Å². The minimum absolute atomic E-state index is 0.218. The predicted molar refractivity (Wildman–Crippen MR) is 126 cm³/mol. The number of hydrogen-bond acceptors (Lipinski definition) is 4. The molecule has 158 valence electrons. The van der Waals surface area contributed by atoms with Gasteiger partial charge in [0.05, 0.1) is 0 Å². The van der Waals surface area contributed by atoms with E-state index in [1.165, 1.54) is 22.9 Å². The van der Waals surface area contributed by atoms with E-state index in [0.717, 1.165) is 52.6 Å². The quantitative estimate of drug-likeness (QED) is 0.327. The topological polar surface area (TPSA) is 35.9 Å². The molecule has 1 aliphatic heterocycles. The molecule has 2 rings (SSSR count). The third kappa shape index (κ3) is 8.26. The molecule has 5 heteroatoms. The van der Waals surface area contributed by atoms with Gasteiger partial charge in [-0.25, -0.2) is 0 Å². The van der Waals surface area contributed by atoms with Gasteiger partial charge in [0.1, 0.15) is 0 Å². The van der Waals surface area contributed by atoms with Crippen LogP contribution in [0.5, 0.6) is 0 Å². The fourth-order valence-corrected chi connectivity index (χ4v) is 4.08. The molecule has 1 aromatic carbocycles. The van der Waals surface area contributed by atoms with Crippen LogP contribution in [0, 0.1) is 12.8 Å². The molecule has 1 saturated heterocycles. The third-order valence-electron chi connectivity index (χ3n) is 5.63. The molecule has 0 aromatic heterocycles. The number of rotatable bonds is 10. The average molecular weight is 395 g/mol. The van der Waals surface area contributed by atoms with Crippen LogP contribution in [-0.4, -0.2) is 56.4 Å². The van der Waals surface area contributed by atoms with Crippen molar-refractivity contribution in [2.75, 3.05) is 31.1 Å². The van der Waals surface area contributed by atoms with Crippen LogP contribution in [0.2, 0.25) is 0 Å². The van der Waals surface area contributed by atoms with E-state index in [1.807, 2.05) is 0 Å². The van der Waals surface area contributed by atoms with Gasteiger partial charge in [0, 0.05) is 0 Å². The molecule has 1 atom stereocenters. The normalized spacial score (nSPS) is 16.8. The van der Waals surface area contributed by atoms with Gasteiger partial charge in [-0.15, -0.1) is 0 Å². The summed E-state index contributed by atoms with van der Waals surface area (Å²) in [4.78, 5) is 9.58. The number of benzene rings is 1. The molecule has 1 aromatic rings. The molecule has 0 saturated carbocycles. The van der Waals surface area contributed by atoms with Gasteiger partial charge in [-0.1, -0.05) is 5.56 Å². The summed E-state index contributed by atoms with van der Waals surface area (Å²) in [5.74, 6) is 0.586. The van der Waals surface area contributed by atoms with Crippen LogP contribution >= 0.6 is 0 Å². The Kier molecular flexibility index (Phi) is 9.79. The number of anilines is 1. The average Bonchev–Trinajstić information content (AvgIpc) is 2.68. The molecule has 29 heavy (non-hydrogen) atoms. The van der Waals surface area contributed by atoms with E-state index >= 15 is 0 Å². The number of allylic oxidation sites excluding steroid dienone is 1. The van der Waals surface area contributed by atoms with Crippen molar-refractivity contribution in [1.29, 1.82) is 0 Å². The SMILES string of the molecule is CC(C)=CCN(c1ccc(C)cc1)C1CCN(CC(CC(C)C)N=CB=O)CC1. The molecule has 4 nitrogen and oxygen atoms in total. The first-order valence-electron chi connectivity index (χ1n) is 11.0. The van der Waals surface area contributed by atoms with Crippen molar-refractivity contribution in [3.8, 4) is 0 Å². The first kappa shape index (κ1) is 23.5. The molecule has 0 bridgehead atoms. The fourth-order valence-electron chi connectivity index (χ4n) is 4.08. The summed E-state index contributed by atoms with van der Waals surface area (Å²) in [6.07, 6.45) is 7.12. The Labute approximate surface area is 178 Å². The standard InChI is InChI=1S/C24H38BN3O/c1-19(2)10-15-28(23-8-6-21(5)7-9-23)24-11-13-27(14-12-24)17-22(16-20(3)4)26-18-25-29/h6-10,18,20,22,24H,11-17H2,1-5H3. The van der Waals surface area contributed by atoms with Gasteiger partial charge in [-0.3, -0.25) is 0 Å². The Hall–Kier alpha value is -1.75. The van der Waals surface area contributed by atoms with Gasteiger partial charge in [-0.05, 0) is 20.8 Å². The van der Waals surface area contributed by atoms with Crippen LogP contribution in [0.3, 0.4) is 0 Å². The number of aryl methyl sites for hydroxylation is 1. The van der Waals surface area contributed by atoms with Crippen molar-refractivity contribution in [1.82, 2.24) is 4.90 Å². The number of piperidine rings is 1. The molecule has 1 heterocycles. The molecule has 0 radical (unpaired) electrons. The molecule has 0 N–H and O–H groups in total. The van der Waals surface area contributed by atoms with Crippen LogP contribution in [0.25, 0.3) is 0 Å². The van der Waals surface area contributed by atoms with Crippen molar-refractivity contribution in [3.63, 3.8) is 0 Å². The van der Waals surface area contributed by atoms with Crippen LogP contribution < -0.4 is 4.90 Å². The van der Waals surface area contributed by atoms with Gasteiger partial charge >= 0.3 is 152 Å². The first-order chi connectivity index (χ1) is 13.9. The van der Waals surface area contributed by atoms with Gasteiger partial charge < -0.3 is 0 Å². The fraction of sp³-hybridized carbons (Fsp3) is 0.625. The second-order valence-electron chi connectivity index (χ2n) is 9.02. The number of likely N-dealkylation sites (tertiary alicyclic amines) is 1. The monoisotopic (exact) mass is 395 g/mol. The Morgan fingerprint density at radius 2 is 1.90 bits per heavy atom. The summed E-state index contributed by atoms with van der Waals surface area (Å²) in [6.45, 7) is 15.0. The Bertz CT molecular complexity index is 672. The van der Waals surface area contributed by atoms with E-state index in [1.54, 1.807) is 0 Å². The summed E-state index contributed by atoms with van der Waals surface area (Å²) in [5, 5.41) is 0. The van der Waals surface area contributed by atoms with E-state index in [9.17, 15) is 4.70 Å². The second kappa shape index (κ2) is 12.1. The predicted octanol–water partition coefficient (Wildman–Crippen LogP) is 4.72. The summed E-state index contributed by atoms with van der Waals surface area (Å²) < 4.78 is 10.7. The van der Waals surface area contributed by atoms with E-state index in [0.29, 0.717) is 12.0 Å². The number of nitrogens with zero attached hydrogens (tertiary/aromatic N) is 3. The summed E-state index contributed by atoms with van der Waals surface area (Å²) >= 11 is 0. The molecule has 1 aliphatic rings. The molecule has 0 amide bonds. The Balaban J connectivity index is 2.01. The van der Waals surface area contributed by atoms with Crippen molar-refractivity contribution in [2.24, 2.45) is 10.9 Å². The van der Waals surface area contributed by atoms with E-state index in [4.69, 9.17) is 0 Å². The second-order valence-corrected chi connectivity index (χ2v) is 9.02. The van der Waals surface area contributed by atoms with Crippen molar-refractivity contribution in [2.45, 2.75) is 66.0 Å². The van der Waals surface area contributed by atoms with Gasteiger partial charge in [0.25, 0.3) is 0 Å². The van der Waals surface area contributed by atoms with E-state index in [2.05, 4.69) is 79.8 Å². The van der Waals surface area contributed by atoms with Gasteiger partial charge in [0.15, 0.2) is 0 Å². The van der Waals surface area contributed by atoms with Crippen LogP contribution in [0.15, 0.2) is 40.9 Å². The molecule has 1 unspecified atom stereocenters. The molecule has 1 fully saturated rings. The maximum atomic E-state index is 10.7. The first-order valence-corrected chi connectivity index (χ1v) is 11.0. The maximum absolute atomic E-state index is 10.7. The van der Waals surface area contributed by atoms with E-state index < -0.39 is 0 Å². The van der Waals surface area contributed by atoms with Crippen molar-refractivity contribution in [3.05, 3.63) is 41.5 Å². The number of aliphatic imine (C=N–C) groups is 1. The van der Waals surface area contributed by atoms with Crippen LogP contribution in [-0.2, 0) is 4.70 Å². The van der Waals surface area contributed by atoms with Crippen LogP contribution in [0.4, 0.5) is 5.69 Å². The van der Waals surface area contributed by atoms with Crippen LogP contribution in [0.1, 0.15) is 52.5 Å². The zero-order valence-electron chi connectivity index (χ0n) is 19.0. The van der Waals surface area contributed by atoms with Crippen molar-refractivity contribution >= 4 is 19.0 Å². The Morgan fingerprint density at radius 3 is 2.45 bits per heavy atom. The minimum atomic E-state index is 0.218. The third-order valence-corrected chi connectivity index (χ3v) is 5.63.